The molecule has 3 nitrogen and oxygen atoms in total. The minimum absolute atomic E-state index is 0.353. The molecule has 80 valence electrons. The molecule has 1 amide bonds. The zero-order valence-electron chi connectivity index (χ0n) is 8.76. The van der Waals surface area contributed by atoms with E-state index in [1.165, 1.54) is 0 Å². The number of primary amides is 1. The van der Waals surface area contributed by atoms with Gasteiger partial charge in [-0.05, 0) is 23.6 Å². The number of amides is 1. The molecule has 0 bridgehead atoms. The van der Waals surface area contributed by atoms with Gasteiger partial charge in [0.05, 0.1) is 0 Å². The molecule has 3 heteroatoms. The highest BCUT2D eigenvalue weighted by Gasteiger charge is 2.08. The van der Waals surface area contributed by atoms with Gasteiger partial charge >= 0.3 is 0 Å². The van der Waals surface area contributed by atoms with Gasteiger partial charge in [-0.15, -0.1) is 0 Å². The first kappa shape index (κ1) is 10.4. The topological polar surface area (TPSA) is 56.0 Å². The van der Waals surface area contributed by atoms with Crippen molar-refractivity contribution in [2.45, 2.75) is 6.42 Å². The minimum atomic E-state index is -0.480. The highest BCUT2D eigenvalue weighted by molar-refractivity contribution is 5.92. The van der Waals surface area contributed by atoms with Crippen LogP contribution in [-0.4, -0.2) is 10.9 Å². The van der Waals surface area contributed by atoms with Crippen LogP contribution in [0.5, 0.6) is 0 Å². The largest absolute Gasteiger partial charge is 0.364 e. The molecule has 0 fully saturated rings. The molecule has 0 spiro atoms. The number of benzene rings is 1. The van der Waals surface area contributed by atoms with Gasteiger partial charge in [0.15, 0.2) is 0 Å². The van der Waals surface area contributed by atoms with Gasteiger partial charge in [-0.2, -0.15) is 0 Å². The maximum Gasteiger partial charge on any atom is 0.267 e. The monoisotopic (exact) mass is 212 g/mol. The number of aromatic nitrogens is 1. The van der Waals surface area contributed by atoms with E-state index in [1.807, 2.05) is 42.5 Å². The van der Waals surface area contributed by atoms with Gasteiger partial charge < -0.3 is 5.73 Å². The van der Waals surface area contributed by atoms with Gasteiger partial charge in [-0.25, -0.2) is 0 Å². The van der Waals surface area contributed by atoms with E-state index < -0.39 is 5.91 Å². The van der Waals surface area contributed by atoms with Gasteiger partial charge in [0.2, 0.25) is 0 Å². The summed E-state index contributed by atoms with van der Waals surface area (Å²) in [5.41, 5.74) is 7.62. The lowest BCUT2D eigenvalue weighted by Gasteiger charge is -2.05. The summed E-state index contributed by atoms with van der Waals surface area (Å²) >= 11 is 0. The zero-order chi connectivity index (χ0) is 11.4. The highest BCUT2D eigenvalue weighted by Crippen LogP contribution is 2.11. The lowest BCUT2D eigenvalue weighted by Crippen LogP contribution is -2.15. The Hall–Kier alpha value is -2.16. The van der Waals surface area contributed by atoms with Crippen LogP contribution in [-0.2, 0) is 6.42 Å². The summed E-state index contributed by atoms with van der Waals surface area (Å²) in [4.78, 5) is 15.2. The molecule has 0 saturated heterocycles. The number of carbonyl (C=O) groups excluding carboxylic acids is 1. The Labute approximate surface area is 93.9 Å². The molecule has 0 aliphatic rings. The number of rotatable bonds is 3. The SMILES string of the molecule is NC(=O)c1ncccc1Cc1ccccc1. The summed E-state index contributed by atoms with van der Waals surface area (Å²) in [5, 5.41) is 0. The van der Waals surface area contributed by atoms with Crippen LogP contribution in [0.25, 0.3) is 0 Å². The summed E-state index contributed by atoms with van der Waals surface area (Å²) in [6, 6.07) is 13.6. The van der Waals surface area contributed by atoms with Gasteiger partial charge in [0.25, 0.3) is 5.91 Å². The van der Waals surface area contributed by atoms with Crippen LogP contribution in [0.1, 0.15) is 21.6 Å². The lowest BCUT2D eigenvalue weighted by molar-refractivity contribution is 0.0995. The quantitative estimate of drug-likeness (QED) is 0.843. The first-order chi connectivity index (χ1) is 7.77. The Morgan fingerprint density at radius 2 is 1.88 bits per heavy atom. The van der Waals surface area contributed by atoms with E-state index in [9.17, 15) is 4.79 Å². The third-order valence-electron chi connectivity index (χ3n) is 2.36. The molecular weight excluding hydrogens is 200 g/mol. The lowest BCUT2D eigenvalue weighted by atomic mass is 10.0. The second-order valence-corrected chi connectivity index (χ2v) is 3.54. The molecule has 1 aromatic carbocycles. The highest BCUT2D eigenvalue weighted by atomic mass is 16.1. The molecule has 2 aromatic rings. The molecule has 1 heterocycles. The fraction of sp³-hybridized carbons (Fsp3) is 0.0769. The van der Waals surface area contributed by atoms with Crippen LogP contribution >= 0.6 is 0 Å². The van der Waals surface area contributed by atoms with E-state index in [4.69, 9.17) is 5.73 Å². The van der Waals surface area contributed by atoms with Gasteiger partial charge in [-0.1, -0.05) is 36.4 Å². The molecule has 2 rings (SSSR count). The van der Waals surface area contributed by atoms with Crippen molar-refractivity contribution in [2.24, 2.45) is 5.73 Å². The van der Waals surface area contributed by atoms with Gasteiger partial charge in [0.1, 0.15) is 5.69 Å². The summed E-state index contributed by atoms with van der Waals surface area (Å²) < 4.78 is 0. The number of carbonyl (C=O) groups is 1. The standard InChI is InChI=1S/C13H12N2O/c14-13(16)12-11(7-4-8-15-12)9-10-5-2-1-3-6-10/h1-8H,9H2,(H2,14,16). The third-order valence-corrected chi connectivity index (χ3v) is 2.36. The zero-order valence-corrected chi connectivity index (χ0v) is 8.76. The predicted octanol–water partition coefficient (Wildman–Crippen LogP) is 1.77. The molecule has 0 saturated carbocycles. The van der Waals surface area contributed by atoms with E-state index in [2.05, 4.69) is 4.98 Å². The number of nitrogens with two attached hydrogens (primary N) is 1. The average molecular weight is 212 g/mol. The molecule has 2 N–H and O–H groups in total. The molecule has 16 heavy (non-hydrogen) atoms. The summed E-state index contributed by atoms with van der Waals surface area (Å²) in [7, 11) is 0. The maximum absolute atomic E-state index is 11.2. The Kier molecular flexibility index (Phi) is 2.96. The summed E-state index contributed by atoms with van der Waals surface area (Å²) in [5.74, 6) is -0.480. The number of pyridine rings is 1. The van der Waals surface area contributed by atoms with Crippen LogP contribution < -0.4 is 5.73 Å². The minimum Gasteiger partial charge on any atom is -0.364 e. The van der Waals surface area contributed by atoms with Gasteiger partial charge in [-0.3, -0.25) is 9.78 Å². The molecule has 1 aromatic heterocycles. The first-order valence-electron chi connectivity index (χ1n) is 5.05. The van der Waals surface area contributed by atoms with Crippen molar-refractivity contribution in [3.05, 3.63) is 65.5 Å². The maximum atomic E-state index is 11.2. The summed E-state index contributed by atoms with van der Waals surface area (Å²) in [6.07, 6.45) is 2.25. The Balaban J connectivity index is 2.31. The predicted molar refractivity (Wildman–Crippen MR) is 62.0 cm³/mol. The normalized spacial score (nSPS) is 10.0. The average Bonchev–Trinajstić information content (AvgIpc) is 2.31. The van der Waals surface area contributed by atoms with Crippen molar-refractivity contribution in [1.82, 2.24) is 4.98 Å². The number of nitrogens with zero attached hydrogens (tertiary/aromatic N) is 1. The molecule has 0 radical (unpaired) electrons. The van der Waals surface area contributed by atoms with Crippen LogP contribution in [0.4, 0.5) is 0 Å². The second kappa shape index (κ2) is 4.57. The van der Waals surface area contributed by atoms with Crippen LogP contribution in [0, 0.1) is 0 Å². The van der Waals surface area contributed by atoms with Crippen molar-refractivity contribution < 1.29 is 4.79 Å². The van der Waals surface area contributed by atoms with Crippen molar-refractivity contribution in [3.63, 3.8) is 0 Å². The Bertz CT molecular complexity index is 494. The van der Waals surface area contributed by atoms with E-state index in [-0.39, 0.29) is 0 Å². The van der Waals surface area contributed by atoms with Crippen molar-refractivity contribution in [1.29, 1.82) is 0 Å². The van der Waals surface area contributed by atoms with Gasteiger partial charge in [0, 0.05) is 6.20 Å². The van der Waals surface area contributed by atoms with Crippen LogP contribution in [0.15, 0.2) is 48.7 Å². The molecule has 0 unspecified atom stereocenters. The van der Waals surface area contributed by atoms with Crippen molar-refractivity contribution >= 4 is 5.91 Å². The Morgan fingerprint density at radius 3 is 2.56 bits per heavy atom. The van der Waals surface area contributed by atoms with Crippen molar-refractivity contribution in [3.8, 4) is 0 Å². The van der Waals surface area contributed by atoms with Crippen LogP contribution in [0.2, 0.25) is 0 Å². The fourth-order valence-electron chi connectivity index (χ4n) is 1.62. The van der Waals surface area contributed by atoms with E-state index in [1.54, 1.807) is 6.20 Å². The second-order valence-electron chi connectivity index (χ2n) is 3.54. The smallest absolute Gasteiger partial charge is 0.267 e. The fourth-order valence-corrected chi connectivity index (χ4v) is 1.62. The molecular formula is C13H12N2O. The summed E-state index contributed by atoms with van der Waals surface area (Å²) in [6.45, 7) is 0. The van der Waals surface area contributed by atoms with Crippen molar-refractivity contribution in [2.75, 3.05) is 0 Å². The van der Waals surface area contributed by atoms with E-state index in [0.29, 0.717) is 12.1 Å². The van der Waals surface area contributed by atoms with Crippen LogP contribution in [0.3, 0.4) is 0 Å². The molecule has 0 aliphatic carbocycles. The molecule has 0 atom stereocenters. The number of hydrogen-bond acceptors (Lipinski definition) is 2. The first-order valence-corrected chi connectivity index (χ1v) is 5.05. The van der Waals surface area contributed by atoms with E-state index >= 15 is 0 Å². The molecule has 0 aliphatic heterocycles. The van der Waals surface area contributed by atoms with E-state index in [0.717, 1.165) is 11.1 Å². The third kappa shape index (κ3) is 2.25. The Morgan fingerprint density at radius 1 is 1.12 bits per heavy atom. The number of hydrogen-bond donors (Lipinski definition) is 1.